The summed E-state index contributed by atoms with van der Waals surface area (Å²) in [6.07, 6.45) is 3.95. The first-order chi connectivity index (χ1) is 21.3. The van der Waals surface area contributed by atoms with E-state index in [-0.39, 0.29) is 37.3 Å². The number of rotatable bonds is 7. The van der Waals surface area contributed by atoms with E-state index in [1.54, 1.807) is 35.2 Å². The molecular weight excluding hydrogens is 564 g/mol. The summed E-state index contributed by atoms with van der Waals surface area (Å²) in [7, 11) is 0. The van der Waals surface area contributed by atoms with E-state index in [1.165, 1.54) is 4.57 Å². The first-order valence-corrected chi connectivity index (χ1v) is 15.1. The van der Waals surface area contributed by atoms with Crippen LogP contribution < -0.4 is 16.4 Å². The monoisotopic (exact) mass is 600 g/mol. The number of anilines is 1. The number of furan rings is 1. The number of aromatic nitrogens is 1. The number of amides is 3. The second-order valence-electron chi connectivity index (χ2n) is 11.4. The van der Waals surface area contributed by atoms with Crippen molar-refractivity contribution in [1.82, 2.24) is 19.7 Å². The molecule has 0 saturated carbocycles. The highest BCUT2D eigenvalue weighted by Gasteiger charge is 2.30. The second kappa shape index (κ2) is 12.8. The summed E-state index contributed by atoms with van der Waals surface area (Å²) in [5.41, 5.74) is 2.43. The zero-order valence-corrected chi connectivity index (χ0v) is 24.7. The number of benzene rings is 2. The normalized spacial score (nSPS) is 17.8. The molecule has 2 saturated heterocycles. The van der Waals surface area contributed by atoms with Gasteiger partial charge in [0.05, 0.1) is 12.1 Å². The highest BCUT2D eigenvalue weighted by molar-refractivity contribution is 6.06. The summed E-state index contributed by atoms with van der Waals surface area (Å²) in [5, 5.41) is 6.88. The minimum absolute atomic E-state index is 0.0286. The highest BCUT2D eigenvalue weighted by atomic mass is 16.4. The van der Waals surface area contributed by atoms with Crippen LogP contribution in [0.4, 0.5) is 5.69 Å². The molecule has 2 fully saturated rings. The third kappa shape index (κ3) is 6.53. The van der Waals surface area contributed by atoms with Gasteiger partial charge in [0.2, 0.25) is 23.7 Å². The molecule has 2 aromatic heterocycles. The first-order valence-electron chi connectivity index (χ1n) is 15.1. The average molecular weight is 601 g/mol. The summed E-state index contributed by atoms with van der Waals surface area (Å²) < 4.78 is 12.4. The number of fused-ring (bicyclic) bond motifs is 2. The van der Waals surface area contributed by atoms with Gasteiger partial charge in [-0.15, -0.1) is 0 Å². The quantitative estimate of drug-likeness (QED) is 0.244. The predicted molar refractivity (Wildman–Crippen MR) is 165 cm³/mol. The Balaban J connectivity index is 1.22. The number of carbonyl (C=O) groups excluding carboxylic acids is 3. The number of nitrogens with zero attached hydrogens (tertiary/aromatic N) is 4. The maximum absolute atomic E-state index is 13.6. The fraction of sp³-hybridized carbons (Fsp3) is 0.406. The lowest BCUT2D eigenvalue weighted by atomic mass is 10.1. The van der Waals surface area contributed by atoms with Gasteiger partial charge in [0, 0.05) is 43.7 Å². The summed E-state index contributed by atoms with van der Waals surface area (Å²) in [4.78, 5) is 60.2. The van der Waals surface area contributed by atoms with Crippen LogP contribution in [0.15, 0.2) is 67.2 Å². The molecule has 4 heterocycles. The van der Waals surface area contributed by atoms with Crippen molar-refractivity contribution in [3.05, 3.63) is 64.8 Å². The van der Waals surface area contributed by atoms with E-state index in [0.717, 1.165) is 55.5 Å². The van der Waals surface area contributed by atoms with Crippen molar-refractivity contribution < 1.29 is 23.2 Å². The van der Waals surface area contributed by atoms with Gasteiger partial charge < -0.3 is 24.0 Å². The molecule has 1 atom stereocenters. The Kier molecular flexibility index (Phi) is 8.49. The van der Waals surface area contributed by atoms with Gasteiger partial charge in [0.1, 0.15) is 17.4 Å². The molecule has 44 heavy (non-hydrogen) atoms. The molecule has 1 unspecified atom stereocenters. The van der Waals surface area contributed by atoms with Crippen LogP contribution in [-0.4, -0.2) is 70.3 Å². The van der Waals surface area contributed by atoms with Crippen molar-refractivity contribution in [3.63, 3.8) is 0 Å². The number of aliphatic imine (C=N–C) groups is 1. The van der Waals surface area contributed by atoms with Crippen LogP contribution in [0.2, 0.25) is 0 Å². The predicted octanol–water partition coefficient (Wildman–Crippen LogP) is 3.63. The van der Waals surface area contributed by atoms with Gasteiger partial charge in [0.15, 0.2) is 5.58 Å². The van der Waals surface area contributed by atoms with Gasteiger partial charge in [-0.3, -0.25) is 24.3 Å². The molecule has 2 aliphatic rings. The Morgan fingerprint density at radius 3 is 2.59 bits per heavy atom. The molecule has 0 radical (unpaired) electrons. The van der Waals surface area contributed by atoms with Crippen LogP contribution in [0.1, 0.15) is 44.3 Å². The first kappa shape index (κ1) is 29.2. The van der Waals surface area contributed by atoms with Crippen LogP contribution >= 0.6 is 0 Å². The topological polar surface area (TPSA) is 142 Å². The van der Waals surface area contributed by atoms with E-state index >= 15 is 0 Å². The summed E-state index contributed by atoms with van der Waals surface area (Å²) in [5.74, 6) is -0.323. The number of oxazole rings is 1. The molecule has 2 aliphatic heterocycles. The SMILES string of the molecule is Cc1cc2cc(NC(=NC3CCCCN(CC(=O)N4CCCC4)C3=O)NC(=O)CCn3c(=O)oc4ccccc43)ccc2o1. The van der Waals surface area contributed by atoms with E-state index in [0.29, 0.717) is 29.8 Å². The summed E-state index contributed by atoms with van der Waals surface area (Å²) >= 11 is 0. The largest absolute Gasteiger partial charge is 0.461 e. The Bertz CT molecular complexity index is 1780. The molecule has 0 aliphatic carbocycles. The summed E-state index contributed by atoms with van der Waals surface area (Å²) in [6, 6.07) is 13.7. The van der Waals surface area contributed by atoms with Crippen molar-refractivity contribution in [3.8, 4) is 0 Å². The average Bonchev–Trinajstić information content (AvgIpc) is 3.72. The maximum Gasteiger partial charge on any atom is 0.419 e. The van der Waals surface area contributed by atoms with Crippen LogP contribution in [0, 0.1) is 6.92 Å². The lowest BCUT2D eigenvalue weighted by molar-refractivity contribution is -0.140. The number of likely N-dealkylation sites (tertiary alicyclic amines) is 2. The third-order valence-corrected chi connectivity index (χ3v) is 8.12. The molecule has 12 nitrogen and oxygen atoms in total. The standard InChI is InChI=1S/C32H36N6O6/c1-21-18-22-19-23(11-12-26(22)43-21)33-31(35-28(39)13-17-38-25-9-2-3-10-27(25)44-32(38)42)34-24-8-4-5-16-37(30(24)41)20-29(40)36-14-6-7-15-36/h2-3,9-12,18-19,24H,4-8,13-17,20H2,1H3,(H2,33,34,35,39). The van der Waals surface area contributed by atoms with E-state index < -0.39 is 17.7 Å². The van der Waals surface area contributed by atoms with Crippen LogP contribution in [-0.2, 0) is 20.9 Å². The Morgan fingerprint density at radius 2 is 1.75 bits per heavy atom. The minimum atomic E-state index is -0.771. The number of guanidine groups is 1. The van der Waals surface area contributed by atoms with Gasteiger partial charge in [-0.25, -0.2) is 9.79 Å². The number of carbonyl (C=O) groups is 3. The lowest BCUT2D eigenvalue weighted by Crippen LogP contribution is -2.45. The molecule has 0 spiro atoms. The number of aryl methyl sites for hydroxylation is 2. The Morgan fingerprint density at radius 1 is 0.955 bits per heavy atom. The number of nitrogens with one attached hydrogen (secondary N) is 2. The van der Waals surface area contributed by atoms with Crippen molar-refractivity contribution in [2.24, 2.45) is 4.99 Å². The second-order valence-corrected chi connectivity index (χ2v) is 11.4. The molecule has 6 rings (SSSR count). The van der Waals surface area contributed by atoms with Crippen LogP contribution in [0.3, 0.4) is 0 Å². The van der Waals surface area contributed by atoms with Gasteiger partial charge in [0.25, 0.3) is 0 Å². The molecule has 0 bridgehead atoms. The Hall–Kier alpha value is -4.87. The number of hydrogen-bond donors (Lipinski definition) is 2. The molecule has 4 aromatic rings. The Labute approximate surface area is 253 Å². The smallest absolute Gasteiger partial charge is 0.419 e. The van der Waals surface area contributed by atoms with Crippen LogP contribution in [0.25, 0.3) is 22.1 Å². The molecular formula is C32H36N6O6. The van der Waals surface area contributed by atoms with Gasteiger partial charge in [-0.1, -0.05) is 12.1 Å². The highest BCUT2D eigenvalue weighted by Crippen LogP contribution is 2.23. The van der Waals surface area contributed by atoms with Gasteiger partial charge >= 0.3 is 5.76 Å². The third-order valence-electron chi connectivity index (χ3n) is 8.12. The van der Waals surface area contributed by atoms with E-state index in [1.807, 2.05) is 30.0 Å². The zero-order chi connectivity index (χ0) is 30.6. The fourth-order valence-corrected chi connectivity index (χ4v) is 5.87. The number of hydrogen-bond acceptors (Lipinski definition) is 7. The van der Waals surface area contributed by atoms with Crippen molar-refractivity contribution in [2.75, 3.05) is 31.5 Å². The maximum atomic E-state index is 13.6. The van der Waals surface area contributed by atoms with E-state index in [9.17, 15) is 19.2 Å². The molecule has 3 amide bonds. The van der Waals surface area contributed by atoms with Crippen molar-refractivity contribution in [2.45, 2.75) is 58.0 Å². The molecule has 2 N–H and O–H groups in total. The molecule has 230 valence electrons. The lowest BCUT2D eigenvalue weighted by Gasteiger charge is -2.25. The molecule has 2 aromatic carbocycles. The zero-order valence-electron chi connectivity index (χ0n) is 24.7. The van der Waals surface area contributed by atoms with Gasteiger partial charge in [-0.2, -0.15) is 0 Å². The van der Waals surface area contributed by atoms with Crippen LogP contribution in [0.5, 0.6) is 0 Å². The number of para-hydroxylation sites is 2. The fourth-order valence-electron chi connectivity index (χ4n) is 5.87. The summed E-state index contributed by atoms with van der Waals surface area (Å²) in [6.45, 7) is 3.94. The van der Waals surface area contributed by atoms with Gasteiger partial charge in [-0.05, 0) is 75.4 Å². The minimum Gasteiger partial charge on any atom is -0.461 e. The molecule has 12 heteroatoms. The van der Waals surface area contributed by atoms with Crippen molar-refractivity contribution in [1.29, 1.82) is 0 Å². The van der Waals surface area contributed by atoms with E-state index in [4.69, 9.17) is 13.8 Å². The van der Waals surface area contributed by atoms with E-state index in [2.05, 4.69) is 10.6 Å². The van der Waals surface area contributed by atoms with Crippen molar-refractivity contribution >= 4 is 51.4 Å².